The van der Waals surface area contributed by atoms with Gasteiger partial charge in [0.1, 0.15) is 29.3 Å². The van der Waals surface area contributed by atoms with Gasteiger partial charge in [0.25, 0.3) is 12.4 Å². The predicted octanol–water partition coefficient (Wildman–Crippen LogP) is 1.81. The molecule has 1 fully saturated rings. The van der Waals surface area contributed by atoms with Gasteiger partial charge in [-0.2, -0.15) is 0 Å². The average Bonchev–Trinajstić information content (AvgIpc) is 3.52. The lowest BCUT2D eigenvalue weighted by Crippen LogP contribution is -2.29. The fourth-order valence-electron chi connectivity index (χ4n) is 4.73. The molecule has 1 aliphatic carbocycles. The third-order valence-corrected chi connectivity index (χ3v) is 7.65. The maximum atomic E-state index is 14.6. The molecule has 1 saturated heterocycles. The molecule has 2 aliphatic heterocycles. The highest BCUT2D eigenvalue weighted by atomic mass is 32.2. The number of anilines is 2. The third kappa shape index (κ3) is 7.18. The summed E-state index contributed by atoms with van der Waals surface area (Å²) in [6.45, 7) is 1.33. The molecule has 2 atom stereocenters. The Balaban J connectivity index is 0.00000118. The minimum atomic E-state index is -0.455. The van der Waals surface area contributed by atoms with Crippen molar-refractivity contribution in [2.45, 2.75) is 30.3 Å². The summed E-state index contributed by atoms with van der Waals surface area (Å²) >= 11 is 1.42. The van der Waals surface area contributed by atoms with Gasteiger partial charge in [0.15, 0.2) is 6.61 Å². The van der Waals surface area contributed by atoms with Crippen LogP contribution in [0.2, 0.25) is 0 Å². The summed E-state index contributed by atoms with van der Waals surface area (Å²) in [6, 6.07) is 6.76. The molecule has 214 valence electrons. The number of hydrogen-bond acceptors (Lipinski definition) is 9. The fraction of sp³-hybridized carbons (Fsp3) is 0.423. The zero-order chi connectivity index (χ0) is 28.6. The highest BCUT2D eigenvalue weighted by molar-refractivity contribution is 8.00. The number of cyclic esters (lactones) is 1. The highest BCUT2D eigenvalue weighted by Crippen LogP contribution is 2.34. The van der Waals surface area contributed by atoms with Crippen LogP contribution in [0.4, 0.5) is 20.8 Å². The molecule has 3 amide bonds. The standard InChI is InChI=1S/C25H28FN5O5S.CH2O2/c1-27-22(32)12-35-17-8-15-6-14(7-18(15)19(26)9-17)10-28-5-4-16-11-31(25(34)36-16)21-3-2-20-24(29-21)30-23(33)13-37-20;2-1-3/h2-3,8-9,14,16,28H,4-7,10-13H2,1H3,(H,27,32)(H,29,30,33);1H,(H,2,3). The third-order valence-electron chi connectivity index (χ3n) is 6.60. The summed E-state index contributed by atoms with van der Waals surface area (Å²) in [7, 11) is 1.52. The van der Waals surface area contributed by atoms with E-state index < -0.39 is 6.09 Å². The van der Waals surface area contributed by atoms with Crippen LogP contribution < -0.4 is 25.6 Å². The van der Waals surface area contributed by atoms with E-state index >= 15 is 0 Å². The van der Waals surface area contributed by atoms with E-state index in [-0.39, 0.29) is 42.7 Å². The molecule has 0 radical (unpaired) electrons. The second kappa shape index (κ2) is 13.4. The number of rotatable bonds is 9. The van der Waals surface area contributed by atoms with Crippen LogP contribution in [0, 0.1) is 11.7 Å². The van der Waals surface area contributed by atoms with Gasteiger partial charge in [0, 0.05) is 13.1 Å². The Bertz CT molecular complexity index is 1280. The van der Waals surface area contributed by atoms with Gasteiger partial charge in [-0.3, -0.25) is 19.3 Å². The van der Waals surface area contributed by atoms with Gasteiger partial charge >= 0.3 is 6.09 Å². The molecule has 14 heteroatoms. The number of hydrogen-bond donors (Lipinski definition) is 4. The van der Waals surface area contributed by atoms with Gasteiger partial charge in [0.2, 0.25) is 5.91 Å². The Labute approximate surface area is 234 Å². The van der Waals surface area contributed by atoms with E-state index in [1.165, 1.54) is 29.8 Å². The number of thioether (sulfide) groups is 1. The number of likely N-dealkylation sites (N-methyl/N-ethyl adjacent to an activating group) is 1. The number of benzene rings is 1. The molecule has 12 nitrogen and oxygen atoms in total. The quantitative estimate of drug-likeness (QED) is 0.257. The molecule has 5 rings (SSSR count). The lowest BCUT2D eigenvalue weighted by atomic mass is 10.1. The Hall–Kier alpha value is -3.91. The summed E-state index contributed by atoms with van der Waals surface area (Å²) < 4.78 is 25.5. The van der Waals surface area contributed by atoms with E-state index in [0.29, 0.717) is 61.2 Å². The molecule has 0 spiro atoms. The van der Waals surface area contributed by atoms with Gasteiger partial charge in [0.05, 0.1) is 17.2 Å². The van der Waals surface area contributed by atoms with Crippen molar-refractivity contribution in [2.75, 3.05) is 49.3 Å². The summed E-state index contributed by atoms with van der Waals surface area (Å²) in [5.74, 6) is 1.18. The Morgan fingerprint density at radius 2 is 2.15 bits per heavy atom. The number of nitrogens with zero attached hydrogens (tertiary/aromatic N) is 2. The first-order chi connectivity index (χ1) is 19.3. The lowest BCUT2D eigenvalue weighted by Gasteiger charge is -2.18. The van der Waals surface area contributed by atoms with Crippen molar-refractivity contribution in [3.05, 3.63) is 41.2 Å². The number of amides is 3. The zero-order valence-corrected chi connectivity index (χ0v) is 22.6. The molecule has 2 unspecified atom stereocenters. The molecular formula is C26H30FN5O7S. The van der Waals surface area contributed by atoms with E-state index in [2.05, 4.69) is 20.9 Å². The van der Waals surface area contributed by atoms with Crippen LogP contribution in [-0.4, -0.2) is 79.6 Å². The lowest BCUT2D eigenvalue weighted by molar-refractivity contribution is -0.123. The molecule has 3 heterocycles. The minimum Gasteiger partial charge on any atom is -0.484 e. The van der Waals surface area contributed by atoms with Crippen LogP contribution in [0.5, 0.6) is 5.75 Å². The smallest absolute Gasteiger partial charge is 0.415 e. The monoisotopic (exact) mass is 575 g/mol. The topological polar surface area (TPSA) is 159 Å². The molecule has 4 N–H and O–H groups in total. The number of pyridine rings is 1. The van der Waals surface area contributed by atoms with Crippen molar-refractivity contribution in [2.24, 2.45) is 5.92 Å². The number of carbonyl (C=O) groups is 4. The van der Waals surface area contributed by atoms with Crippen molar-refractivity contribution < 1.29 is 38.1 Å². The fourth-order valence-corrected chi connectivity index (χ4v) is 5.49. The predicted molar refractivity (Wildman–Crippen MR) is 144 cm³/mol. The number of carbonyl (C=O) groups excluding carboxylic acids is 3. The molecule has 40 heavy (non-hydrogen) atoms. The van der Waals surface area contributed by atoms with Gasteiger partial charge in [-0.1, -0.05) is 0 Å². The number of ether oxygens (including phenoxy) is 2. The summed E-state index contributed by atoms with van der Waals surface area (Å²) in [5, 5.41) is 15.5. The van der Waals surface area contributed by atoms with Gasteiger partial charge < -0.3 is 30.5 Å². The molecule has 1 aromatic heterocycles. The zero-order valence-electron chi connectivity index (χ0n) is 21.8. The van der Waals surface area contributed by atoms with E-state index in [9.17, 15) is 18.8 Å². The molecule has 1 aromatic carbocycles. The molecular weight excluding hydrogens is 545 g/mol. The number of fused-ring (bicyclic) bond motifs is 2. The second-order valence-corrected chi connectivity index (χ2v) is 10.4. The Morgan fingerprint density at radius 3 is 2.92 bits per heavy atom. The highest BCUT2D eigenvalue weighted by Gasteiger charge is 2.34. The van der Waals surface area contributed by atoms with Crippen molar-refractivity contribution in [1.29, 1.82) is 0 Å². The van der Waals surface area contributed by atoms with Crippen molar-refractivity contribution in [3.8, 4) is 5.75 Å². The van der Waals surface area contributed by atoms with Crippen LogP contribution >= 0.6 is 11.8 Å². The average molecular weight is 576 g/mol. The van der Waals surface area contributed by atoms with Crippen LogP contribution in [0.25, 0.3) is 0 Å². The van der Waals surface area contributed by atoms with Crippen molar-refractivity contribution >= 4 is 47.8 Å². The van der Waals surface area contributed by atoms with Crippen LogP contribution in [0.15, 0.2) is 29.2 Å². The molecule has 0 bridgehead atoms. The largest absolute Gasteiger partial charge is 0.484 e. The summed E-state index contributed by atoms with van der Waals surface area (Å²) in [5.41, 5.74) is 1.61. The second-order valence-electron chi connectivity index (χ2n) is 9.35. The van der Waals surface area contributed by atoms with Crippen molar-refractivity contribution in [3.63, 3.8) is 0 Å². The number of nitrogens with one attached hydrogen (secondary N) is 3. The first-order valence-corrected chi connectivity index (χ1v) is 13.6. The van der Waals surface area contributed by atoms with E-state index in [1.54, 1.807) is 6.07 Å². The van der Waals surface area contributed by atoms with Crippen molar-refractivity contribution in [1.82, 2.24) is 15.6 Å². The van der Waals surface area contributed by atoms with Crippen LogP contribution in [-0.2, 0) is 32.0 Å². The van der Waals surface area contributed by atoms with Gasteiger partial charge in [-0.05, 0) is 67.6 Å². The summed E-state index contributed by atoms with van der Waals surface area (Å²) in [4.78, 5) is 50.6. The van der Waals surface area contributed by atoms with E-state index in [0.717, 1.165) is 16.9 Å². The Morgan fingerprint density at radius 1 is 1.35 bits per heavy atom. The van der Waals surface area contributed by atoms with Crippen LogP contribution in [0.3, 0.4) is 0 Å². The van der Waals surface area contributed by atoms with Crippen LogP contribution in [0.1, 0.15) is 17.5 Å². The van der Waals surface area contributed by atoms with Gasteiger partial charge in [-0.15, -0.1) is 11.8 Å². The maximum Gasteiger partial charge on any atom is 0.415 e. The number of halogens is 1. The molecule has 3 aliphatic rings. The first-order valence-electron chi connectivity index (χ1n) is 12.7. The number of carboxylic acid groups (broad SMARTS) is 1. The summed E-state index contributed by atoms with van der Waals surface area (Å²) in [6.07, 6.45) is 1.25. The molecule has 0 saturated carbocycles. The SMILES string of the molecule is CNC(=O)COc1cc(F)c2c(c1)CC(CNCCC1CN(c3ccc4c(n3)NC(=O)CS4)C(=O)O1)C2.O=CO. The van der Waals surface area contributed by atoms with Gasteiger partial charge in [-0.25, -0.2) is 14.2 Å². The van der Waals surface area contributed by atoms with E-state index in [4.69, 9.17) is 19.4 Å². The Kier molecular flexibility index (Phi) is 9.77. The van der Waals surface area contributed by atoms with E-state index in [1.807, 2.05) is 12.1 Å². The normalized spacial score (nSPS) is 19.0. The first kappa shape index (κ1) is 29.1. The number of aromatic nitrogens is 1. The maximum absolute atomic E-state index is 14.6. The molecule has 2 aromatic rings. The minimum absolute atomic E-state index is 0.113.